The van der Waals surface area contributed by atoms with Crippen LogP contribution in [-0.4, -0.2) is 96.7 Å². The van der Waals surface area contributed by atoms with Crippen molar-refractivity contribution >= 4 is 39.5 Å². The molecule has 0 spiro atoms. The van der Waals surface area contributed by atoms with E-state index in [9.17, 15) is 43.2 Å². The van der Waals surface area contributed by atoms with Crippen LogP contribution in [-0.2, 0) is 65.4 Å². The highest BCUT2D eigenvalue weighted by Crippen LogP contribution is 2.45. The van der Waals surface area contributed by atoms with E-state index in [1.165, 1.54) is 89.9 Å². The number of ether oxygens (including phenoxy) is 4. The van der Waals surface area contributed by atoms with Gasteiger partial charge in [-0.1, -0.05) is 278 Å². The Labute approximate surface area is 619 Å². The fourth-order valence-corrected chi connectivity index (χ4v) is 12.2. The quantitative estimate of drug-likeness (QED) is 0.0169. The molecule has 19 heteroatoms. The molecule has 588 valence electrons. The number of allylic oxidation sites excluding steroid dienone is 18. The topological polar surface area (TPSA) is 237 Å². The fraction of sp³-hybridized carbons (Fsp3) is 0.735. The van der Waals surface area contributed by atoms with Crippen molar-refractivity contribution in [2.24, 2.45) is 0 Å². The number of aliphatic hydroxyl groups is 1. The van der Waals surface area contributed by atoms with Crippen molar-refractivity contribution in [3.63, 3.8) is 0 Å². The van der Waals surface area contributed by atoms with Gasteiger partial charge >= 0.3 is 39.5 Å². The highest BCUT2D eigenvalue weighted by molar-refractivity contribution is 7.47. The fourth-order valence-electron chi connectivity index (χ4n) is 10.6. The lowest BCUT2D eigenvalue weighted by molar-refractivity contribution is -0.161. The maximum absolute atomic E-state index is 13.1. The van der Waals surface area contributed by atoms with Crippen molar-refractivity contribution < 1.29 is 80.2 Å². The molecule has 0 aliphatic rings. The molecule has 0 rings (SSSR count). The number of rotatable bonds is 75. The molecule has 0 amide bonds. The van der Waals surface area contributed by atoms with Gasteiger partial charge in [0, 0.05) is 25.7 Å². The molecule has 102 heavy (non-hydrogen) atoms. The number of aliphatic hydroxyl groups excluding tert-OH is 1. The predicted octanol–water partition coefficient (Wildman–Crippen LogP) is 23.3. The standard InChI is InChI=1S/C83H144O17P2/c1-5-9-13-17-21-25-29-33-36-37-38-39-42-45-48-52-56-60-64-68-81(86)94-73-78(99-82(87)69-65-61-57-53-49-43-32-28-24-20-16-12-8-4)75-97-101(89,90)95-71-77(84)72-96-102(91,92)98-76-79(100-83(88)70-66-62-58-54-50-46-41-35-31-27-23-19-15-11-7-3)74-93-80(85)67-63-59-55-51-47-44-40-34-30-26-22-18-14-10-6-2/h9,13,21,25,27-28,31-34,36,38-40,45,48,56,60,77-79,84H,5-8,10-12,14-20,22-24,26,29-30,35,37,41-44,46-47,49-55,57-59,61-76H2,1-4H3,(H,89,90)(H,91,92)/b13-9-,25-21-,31-27-,32-28-,36-33-,39-38-,40-34-,48-45-,60-56-/t77-,78-,79-/m1/s1. The first-order valence-electron chi connectivity index (χ1n) is 40.1. The molecule has 2 unspecified atom stereocenters. The molecular weight excluding hydrogens is 1330 g/mol. The van der Waals surface area contributed by atoms with E-state index in [0.717, 1.165) is 161 Å². The SMILES string of the molecule is CC/C=C\C/C=C\C/C=C\C/C=C\C/C=C\C/C=C\CCC(=O)OC[C@H](COP(=O)(O)OC[C@@H](O)COP(=O)(O)OC[C@@H](COC(=O)CCCCCCC/C=C\CCCCCCCC)OC(=O)CCCCCCCCC/C=C\CCCCCC)OC(=O)CCCCCCC/C=C\CCCCCC. The lowest BCUT2D eigenvalue weighted by atomic mass is 10.1. The molecule has 0 fully saturated rings. The Hall–Kier alpha value is -4.28. The molecule has 0 saturated heterocycles. The van der Waals surface area contributed by atoms with Crippen molar-refractivity contribution in [3.05, 3.63) is 109 Å². The van der Waals surface area contributed by atoms with Gasteiger partial charge < -0.3 is 33.8 Å². The summed E-state index contributed by atoms with van der Waals surface area (Å²) in [5, 5.41) is 10.6. The van der Waals surface area contributed by atoms with E-state index in [1.807, 2.05) is 18.2 Å². The molecule has 0 aromatic heterocycles. The number of esters is 4. The van der Waals surface area contributed by atoms with E-state index in [0.29, 0.717) is 32.1 Å². The molecule has 0 aliphatic heterocycles. The monoisotopic (exact) mass is 1470 g/mol. The Bertz CT molecular complexity index is 2360. The minimum atomic E-state index is -4.99. The number of phosphoric ester groups is 2. The number of unbranched alkanes of at least 4 members (excludes halogenated alkanes) is 31. The maximum Gasteiger partial charge on any atom is 0.472 e. The molecule has 0 aromatic rings. The highest BCUT2D eigenvalue weighted by atomic mass is 31.2. The molecule has 0 bridgehead atoms. The lowest BCUT2D eigenvalue weighted by Gasteiger charge is -2.21. The van der Waals surface area contributed by atoms with Gasteiger partial charge in [-0.05, 0) is 141 Å². The van der Waals surface area contributed by atoms with Gasteiger partial charge in [-0.15, -0.1) is 0 Å². The van der Waals surface area contributed by atoms with Crippen LogP contribution in [0.15, 0.2) is 109 Å². The van der Waals surface area contributed by atoms with Gasteiger partial charge in [0.25, 0.3) is 0 Å². The Morgan fingerprint density at radius 1 is 0.284 bits per heavy atom. The smallest absolute Gasteiger partial charge is 0.462 e. The summed E-state index contributed by atoms with van der Waals surface area (Å²) in [6.45, 7) is 4.65. The van der Waals surface area contributed by atoms with E-state index < -0.39 is 97.5 Å². The van der Waals surface area contributed by atoms with Crippen LogP contribution in [0.5, 0.6) is 0 Å². The van der Waals surface area contributed by atoms with Crippen LogP contribution in [0.3, 0.4) is 0 Å². The third-order valence-corrected chi connectivity index (χ3v) is 18.6. The summed E-state index contributed by atoms with van der Waals surface area (Å²) >= 11 is 0. The molecule has 17 nitrogen and oxygen atoms in total. The van der Waals surface area contributed by atoms with Crippen LogP contribution in [0.1, 0.15) is 336 Å². The average molecular weight is 1480 g/mol. The van der Waals surface area contributed by atoms with Crippen LogP contribution < -0.4 is 0 Å². The first kappa shape index (κ1) is 97.7. The lowest BCUT2D eigenvalue weighted by Crippen LogP contribution is -2.30. The van der Waals surface area contributed by atoms with Gasteiger partial charge in [-0.3, -0.25) is 37.3 Å². The number of hydrogen-bond acceptors (Lipinski definition) is 15. The van der Waals surface area contributed by atoms with Crippen LogP contribution >= 0.6 is 15.6 Å². The van der Waals surface area contributed by atoms with Crippen molar-refractivity contribution in [3.8, 4) is 0 Å². The minimum Gasteiger partial charge on any atom is -0.462 e. The van der Waals surface area contributed by atoms with Crippen molar-refractivity contribution in [2.75, 3.05) is 39.6 Å². The Morgan fingerprint density at radius 3 is 0.853 bits per heavy atom. The van der Waals surface area contributed by atoms with Gasteiger partial charge in [0.15, 0.2) is 12.2 Å². The molecule has 0 saturated carbocycles. The summed E-state index contributed by atoms with van der Waals surface area (Å²) in [4.78, 5) is 72.9. The van der Waals surface area contributed by atoms with Gasteiger partial charge in [0.1, 0.15) is 19.3 Å². The number of phosphoric acid groups is 2. The van der Waals surface area contributed by atoms with Crippen LogP contribution in [0.4, 0.5) is 0 Å². The number of hydrogen-bond donors (Lipinski definition) is 3. The van der Waals surface area contributed by atoms with Crippen molar-refractivity contribution in [1.82, 2.24) is 0 Å². The largest absolute Gasteiger partial charge is 0.472 e. The molecule has 5 atom stereocenters. The normalized spacial score (nSPS) is 14.5. The number of carbonyl (C=O) groups is 4. The van der Waals surface area contributed by atoms with E-state index in [2.05, 4.69) is 119 Å². The molecule has 0 heterocycles. The van der Waals surface area contributed by atoms with Gasteiger partial charge in [-0.2, -0.15) is 0 Å². The number of carbonyl (C=O) groups excluding carboxylic acids is 4. The predicted molar refractivity (Wildman–Crippen MR) is 418 cm³/mol. The Kier molecular flexibility index (Phi) is 71.8. The van der Waals surface area contributed by atoms with Crippen LogP contribution in [0, 0.1) is 0 Å². The molecule has 0 aromatic carbocycles. The summed E-state index contributed by atoms with van der Waals surface area (Å²) in [6, 6.07) is 0. The van der Waals surface area contributed by atoms with Gasteiger partial charge in [-0.25, -0.2) is 9.13 Å². The van der Waals surface area contributed by atoms with Gasteiger partial charge in [0.05, 0.1) is 26.4 Å². The summed E-state index contributed by atoms with van der Waals surface area (Å²) in [5.74, 6) is -2.28. The van der Waals surface area contributed by atoms with E-state index in [-0.39, 0.29) is 25.7 Å². The van der Waals surface area contributed by atoms with Crippen LogP contribution in [0.2, 0.25) is 0 Å². The zero-order valence-electron chi connectivity index (χ0n) is 64.3. The van der Waals surface area contributed by atoms with E-state index in [1.54, 1.807) is 0 Å². The van der Waals surface area contributed by atoms with E-state index in [4.69, 9.17) is 37.0 Å². The second kappa shape index (κ2) is 75.0. The zero-order valence-corrected chi connectivity index (χ0v) is 66.0. The molecular formula is C83H144O17P2. The van der Waals surface area contributed by atoms with Gasteiger partial charge in [0.2, 0.25) is 0 Å². The Balaban J connectivity index is 5.41. The van der Waals surface area contributed by atoms with Crippen molar-refractivity contribution in [2.45, 2.75) is 354 Å². The molecule has 0 radical (unpaired) electrons. The second-order valence-corrected chi connectivity index (χ2v) is 29.5. The first-order chi connectivity index (χ1) is 49.7. The van der Waals surface area contributed by atoms with Crippen molar-refractivity contribution in [1.29, 1.82) is 0 Å². The minimum absolute atomic E-state index is 0.0338. The molecule has 0 aliphatic carbocycles. The maximum atomic E-state index is 13.1. The summed E-state index contributed by atoms with van der Waals surface area (Å²) in [6.07, 6.45) is 80.8. The summed E-state index contributed by atoms with van der Waals surface area (Å²) in [5.41, 5.74) is 0. The average Bonchev–Trinajstić information content (AvgIpc) is 0.908. The summed E-state index contributed by atoms with van der Waals surface area (Å²) < 4.78 is 68.5. The third-order valence-electron chi connectivity index (χ3n) is 16.7. The summed E-state index contributed by atoms with van der Waals surface area (Å²) in [7, 11) is -9.98. The zero-order chi connectivity index (χ0) is 74.6. The Morgan fingerprint density at radius 2 is 0.529 bits per heavy atom. The van der Waals surface area contributed by atoms with E-state index >= 15 is 0 Å². The second-order valence-electron chi connectivity index (χ2n) is 26.6. The third kappa shape index (κ3) is 74.0. The molecule has 3 N–H and O–H groups in total. The van der Waals surface area contributed by atoms with Crippen LogP contribution in [0.25, 0.3) is 0 Å². The first-order valence-corrected chi connectivity index (χ1v) is 43.1. The highest BCUT2D eigenvalue weighted by Gasteiger charge is 2.30.